The molecular weight excluding hydrogens is 194 g/mol. The molecule has 1 saturated carbocycles. The van der Waals surface area contributed by atoms with E-state index in [0.717, 1.165) is 23.8 Å². The lowest BCUT2D eigenvalue weighted by Gasteiger charge is -2.22. The molecule has 1 nitrogen and oxygen atoms in total. The van der Waals surface area contributed by atoms with Gasteiger partial charge in [0.05, 0.1) is 0 Å². The highest BCUT2D eigenvalue weighted by molar-refractivity contribution is 4.77. The second-order valence-electron chi connectivity index (χ2n) is 6.05. The molecule has 1 aliphatic carbocycles. The first-order chi connectivity index (χ1) is 7.65. The van der Waals surface area contributed by atoms with E-state index in [9.17, 15) is 0 Å². The molecule has 0 aromatic heterocycles. The van der Waals surface area contributed by atoms with Gasteiger partial charge in [-0.3, -0.25) is 0 Å². The Kier molecular flexibility index (Phi) is 6.41. The van der Waals surface area contributed by atoms with Crippen LogP contribution in [0.15, 0.2) is 0 Å². The van der Waals surface area contributed by atoms with Gasteiger partial charge in [-0.25, -0.2) is 0 Å². The van der Waals surface area contributed by atoms with Crippen molar-refractivity contribution < 1.29 is 0 Å². The molecule has 16 heavy (non-hydrogen) atoms. The summed E-state index contributed by atoms with van der Waals surface area (Å²) in [6, 6.07) is 0.755. The van der Waals surface area contributed by atoms with Crippen molar-refractivity contribution in [2.45, 2.75) is 72.3 Å². The molecule has 1 rings (SSSR count). The molecule has 96 valence electrons. The molecule has 0 aliphatic heterocycles. The fourth-order valence-corrected chi connectivity index (χ4v) is 2.89. The lowest BCUT2D eigenvalue weighted by molar-refractivity contribution is 0.355. The molecule has 4 atom stereocenters. The van der Waals surface area contributed by atoms with Gasteiger partial charge in [-0.05, 0) is 50.0 Å². The minimum absolute atomic E-state index is 0.755. The van der Waals surface area contributed by atoms with E-state index < -0.39 is 0 Å². The minimum Gasteiger partial charge on any atom is -0.314 e. The first-order valence-electron chi connectivity index (χ1n) is 7.39. The van der Waals surface area contributed by atoms with E-state index in [-0.39, 0.29) is 0 Å². The fourth-order valence-electron chi connectivity index (χ4n) is 2.89. The molecule has 1 fully saturated rings. The van der Waals surface area contributed by atoms with Gasteiger partial charge in [-0.15, -0.1) is 0 Å². The van der Waals surface area contributed by atoms with Crippen molar-refractivity contribution in [3.63, 3.8) is 0 Å². The maximum Gasteiger partial charge on any atom is 0.00670 e. The third kappa shape index (κ3) is 4.86. The molecule has 0 spiro atoms. The van der Waals surface area contributed by atoms with Crippen LogP contribution < -0.4 is 5.32 Å². The summed E-state index contributed by atoms with van der Waals surface area (Å²) in [4.78, 5) is 0. The summed E-state index contributed by atoms with van der Waals surface area (Å²) in [7, 11) is 0. The summed E-state index contributed by atoms with van der Waals surface area (Å²) in [5.74, 6) is 2.81. The molecule has 0 heterocycles. The zero-order valence-corrected chi connectivity index (χ0v) is 11.8. The van der Waals surface area contributed by atoms with Crippen LogP contribution >= 0.6 is 0 Å². The van der Waals surface area contributed by atoms with Crippen molar-refractivity contribution in [1.29, 1.82) is 0 Å². The molecule has 0 radical (unpaired) electrons. The van der Waals surface area contributed by atoms with Gasteiger partial charge in [0.25, 0.3) is 0 Å². The lowest BCUT2D eigenvalue weighted by atomic mass is 9.97. The van der Waals surface area contributed by atoms with E-state index in [1.807, 2.05) is 0 Å². The minimum atomic E-state index is 0.755. The van der Waals surface area contributed by atoms with Gasteiger partial charge in [0.1, 0.15) is 0 Å². The molecule has 0 aromatic carbocycles. The first-order valence-corrected chi connectivity index (χ1v) is 7.39. The van der Waals surface area contributed by atoms with E-state index in [1.165, 1.54) is 45.1 Å². The van der Waals surface area contributed by atoms with Crippen LogP contribution in [0.2, 0.25) is 0 Å². The Labute approximate surface area is 102 Å². The summed E-state index contributed by atoms with van der Waals surface area (Å²) in [6.45, 7) is 10.7. The highest BCUT2D eigenvalue weighted by atomic mass is 14.9. The Bertz CT molecular complexity index is 178. The van der Waals surface area contributed by atoms with Crippen molar-refractivity contribution in [2.24, 2.45) is 17.8 Å². The Morgan fingerprint density at radius 2 is 1.94 bits per heavy atom. The fraction of sp³-hybridized carbons (Fsp3) is 1.00. The van der Waals surface area contributed by atoms with Gasteiger partial charge in [0, 0.05) is 6.04 Å². The molecular formula is C15H31N. The standard InChI is InChI=1S/C15H31N/c1-5-12(3)10-15(6-2)16-11-14-8-7-13(4)9-14/h12-16H,5-11H2,1-4H3. The Morgan fingerprint density at radius 1 is 1.19 bits per heavy atom. The summed E-state index contributed by atoms with van der Waals surface area (Å²) in [5, 5.41) is 3.80. The zero-order chi connectivity index (χ0) is 12.0. The molecule has 1 N–H and O–H groups in total. The van der Waals surface area contributed by atoms with Crippen LogP contribution in [0.1, 0.15) is 66.2 Å². The largest absolute Gasteiger partial charge is 0.314 e. The summed E-state index contributed by atoms with van der Waals surface area (Å²) >= 11 is 0. The second kappa shape index (κ2) is 7.32. The van der Waals surface area contributed by atoms with Gasteiger partial charge in [-0.2, -0.15) is 0 Å². The van der Waals surface area contributed by atoms with Crippen LogP contribution in [0.5, 0.6) is 0 Å². The van der Waals surface area contributed by atoms with E-state index in [4.69, 9.17) is 0 Å². The molecule has 1 aliphatic rings. The Morgan fingerprint density at radius 3 is 2.44 bits per heavy atom. The average Bonchev–Trinajstić information content (AvgIpc) is 2.69. The van der Waals surface area contributed by atoms with E-state index in [1.54, 1.807) is 0 Å². The molecule has 4 unspecified atom stereocenters. The van der Waals surface area contributed by atoms with Crippen molar-refractivity contribution in [1.82, 2.24) is 5.32 Å². The van der Waals surface area contributed by atoms with Crippen molar-refractivity contribution in [3.05, 3.63) is 0 Å². The topological polar surface area (TPSA) is 12.0 Å². The van der Waals surface area contributed by atoms with Gasteiger partial charge in [0.15, 0.2) is 0 Å². The van der Waals surface area contributed by atoms with Gasteiger partial charge in [0.2, 0.25) is 0 Å². The smallest absolute Gasteiger partial charge is 0.00670 e. The predicted octanol–water partition coefficient (Wildman–Crippen LogP) is 4.23. The number of rotatable bonds is 7. The monoisotopic (exact) mass is 225 g/mol. The average molecular weight is 225 g/mol. The maximum absolute atomic E-state index is 3.80. The third-order valence-electron chi connectivity index (χ3n) is 4.38. The summed E-state index contributed by atoms with van der Waals surface area (Å²) in [6.07, 6.45) is 8.32. The van der Waals surface area contributed by atoms with Crippen LogP contribution in [0, 0.1) is 17.8 Å². The second-order valence-corrected chi connectivity index (χ2v) is 6.05. The molecule has 0 saturated heterocycles. The van der Waals surface area contributed by atoms with Crippen molar-refractivity contribution >= 4 is 0 Å². The van der Waals surface area contributed by atoms with Crippen molar-refractivity contribution in [2.75, 3.05) is 6.54 Å². The Hall–Kier alpha value is -0.0400. The molecule has 0 aromatic rings. The maximum atomic E-state index is 3.80. The van der Waals surface area contributed by atoms with Gasteiger partial charge in [-0.1, -0.05) is 40.5 Å². The summed E-state index contributed by atoms with van der Waals surface area (Å²) < 4.78 is 0. The highest BCUT2D eigenvalue weighted by Crippen LogP contribution is 2.29. The predicted molar refractivity (Wildman–Crippen MR) is 72.7 cm³/mol. The van der Waals surface area contributed by atoms with Crippen LogP contribution in [0.4, 0.5) is 0 Å². The zero-order valence-electron chi connectivity index (χ0n) is 11.8. The van der Waals surface area contributed by atoms with Crippen LogP contribution in [0.3, 0.4) is 0 Å². The van der Waals surface area contributed by atoms with E-state index >= 15 is 0 Å². The number of nitrogens with one attached hydrogen (secondary N) is 1. The molecule has 0 amide bonds. The third-order valence-corrected chi connectivity index (χ3v) is 4.38. The lowest BCUT2D eigenvalue weighted by Crippen LogP contribution is -2.33. The van der Waals surface area contributed by atoms with Gasteiger partial charge >= 0.3 is 0 Å². The first kappa shape index (κ1) is 14.0. The highest BCUT2D eigenvalue weighted by Gasteiger charge is 2.21. The summed E-state index contributed by atoms with van der Waals surface area (Å²) in [5.41, 5.74) is 0. The molecule has 0 bridgehead atoms. The van der Waals surface area contributed by atoms with Crippen molar-refractivity contribution in [3.8, 4) is 0 Å². The SMILES string of the molecule is CCC(C)CC(CC)NCC1CCC(C)C1. The molecule has 1 heteroatoms. The van der Waals surface area contributed by atoms with E-state index in [2.05, 4.69) is 33.0 Å². The van der Waals surface area contributed by atoms with Crippen LogP contribution in [0.25, 0.3) is 0 Å². The number of hydrogen-bond acceptors (Lipinski definition) is 1. The van der Waals surface area contributed by atoms with Gasteiger partial charge < -0.3 is 5.32 Å². The van der Waals surface area contributed by atoms with E-state index in [0.29, 0.717) is 0 Å². The van der Waals surface area contributed by atoms with Crippen LogP contribution in [-0.4, -0.2) is 12.6 Å². The normalized spacial score (nSPS) is 29.2. The number of hydrogen-bond donors (Lipinski definition) is 1. The Balaban J connectivity index is 2.18. The van der Waals surface area contributed by atoms with Crippen LogP contribution in [-0.2, 0) is 0 Å². The quantitative estimate of drug-likeness (QED) is 0.684.